The van der Waals surface area contributed by atoms with Gasteiger partial charge in [-0.1, -0.05) is 80.0 Å². The molecule has 1 atom stereocenters. The van der Waals surface area contributed by atoms with Crippen molar-refractivity contribution in [3.05, 3.63) is 60.7 Å². The maximum Gasteiger partial charge on any atom is 0.494 e. The molecule has 3 nitrogen and oxygen atoms in total. The minimum atomic E-state index is -0.377. The van der Waals surface area contributed by atoms with E-state index < -0.39 is 0 Å². The van der Waals surface area contributed by atoms with E-state index in [1.165, 1.54) is 32.3 Å². The summed E-state index contributed by atoms with van der Waals surface area (Å²) < 4.78 is 18.9. The molecule has 0 saturated carbocycles. The predicted octanol–water partition coefficient (Wildman–Crippen LogP) is 6.14. The average Bonchev–Trinajstić information content (AvgIpc) is 3.02. The van der Waals surface area contributed by atoms with Crippen molar-refractivity contribution in [2.24, 2.45) is 0 Å². The van der Waals surface area contributed by atoms with Crippen LogP contribution in [0.2, 0.25) is 0 Å². The second kappa shape index (κ2) is 8.57. The summed E-state index contributed by atoms with van der Waals surface area (Å²) in [5.74, 6) is 0. The fourth-order valence-electron chi connectivity index (χ4n) is 4.47. The highest BCUT2D eigenvalue weighted by Crippen LogP contribution is 2.37. The lowest BCUT2D eigenvalue weighted by Crippen LogP contribution is -2.45. The monoisotopic (exact) mass is 497 g/mol. The quantitative estimate of drug-likeness (QED) is 0.189. The van der Waals surface area contributed by atoms with Crippen LogP contribution in [0.3, 0.4) is 0 Å². The Labute approximate surface area is 218 Å². The van der Waals surface area contributed by atoms with Crippen LogP contribution in [0.5, 0.6) is 0 Å². The van der Waals surface area contributed by atoms with E-state index in [-0.39, 0.29) is 29.1 Å². The molecule has 1 unspecified atom stereocenters. The lowest BCUT2D eigenvalue weighted by molar-refractivity contribution is 0.00578. The van der Waals surface area contributed by atoms with E-state index in [1.54, 1.807) is 0 Å². The third-order valence-corrected chi connectivity index (χ3v) is 9.15. The topological polar surface area (TPSA) is 27.7 Å². The summed E-state index contributed by atoms with van der Waals surface area (Å²) in [4.78, 5) is 0. The van der Waals surface area contributed by atoms with E-state index in [4.69, 9.17) is 14.0 Å². The molecule has 0 aromatic heterocycles. The van der Waals surface area contributed by atoms with Crippen LogP contribution in [0.4, 0.5) is 0 Å². The van der Waals surface area contributed by atoms with Crippen LogP contribution in [0.25, 0.3) is 32.3 Å². The summed E-state index contributed by atoms with van der Waals surface area (Å²) >= 11 is 0. The zero-order chi connectivity index (χ0) is 26.1. The Morgan fingerprint density at radius 3 is 1.78 bits per heavy atom. The van der Waals surface area contributed by atoms with Crippen molar-refractivity contribution in [2.75, 3.05) is 0 Å². The van der Waals surface area contributed by atoms with E-state index >= 15 is 0 Å². The Balaban J connectivity index is 1.56. The smallest absolute Gasteiger partial charge is 0.429 e. The third kappa shape index (κ3) is 4.39. The SMILES string of the molecule is CC(C)(P)C(C)(C)O[B]c1ccc2ccc3c4cc(B5OC(C)(C)C(C)(C)O5)ccc4ccc3c2c1. The van der Waals surface area contributed by atoms with Gasteiger partial charge in [0.05, 0.1) is 16.8 Å². The molecule has 0 bridgehead atoms. The van der Waals surface area contributed by atoms with Gasteiger partial charge in [-0.25, -0.2) is 0 Å². The van der Waals surface area contributed by atoms with Gasteiger partial charge in [0.25, 0.3) is 0 Å². The zero-order valence-corrected chi connectivity index (χ0v) is 23.9. The van der Waals surface area contributed by atoms with Crippen molar-refractivity contribution < 1.29 is 14.0 Å². The molecule has 1 fully saturated rings. The Morgan fingerprint density at radius 2 is 1.22 bits per heavy atom. The molecule has 0 aliphatic carbocycles. The summed E-state index contributed by atoms with van der Waals surface area (Å²) in [6.07, 6.45) is 0. The largest absolute Gasteiger partial charge is 0.494 e. The summed E-state index contributed by atoms with van der Waals surface area (Å²) in [5, 5.41) is 7.24. The molecule has 36 heavy (non-hydrogen) atoms. The Hall–Kier alpha value is -1.90. The second-order valence-corrected chi connectivity index (χ2v) is 13.7. The third-order valence-electron chi connectivity index (χ3n) is 8.45. The Morgan fingerprint density at radius 1 is 0.722 bits per heavy atom. The molecule has 4 aromatic carbocycles. The molecule has 1 aliphatic heterocycles. The first-order chi connectivity index (χ1) is 16.7. The van der Waals surface area contributed by atoms with Crippen molar-refractivity contribution in [3.8, 4) is 0 Å². The fraction of sp³-hybridized carbons (Fsp3) is 0.400. The van der Waals surface area contributed by atoms with Crippen molar-refractivity contribution in [1.29, 1.82) is 0 Å². The molecular formula is C30H36B2O3P. The lowest BCUT2D eigenvalue weighted by Gasteiger charge is -2.39. The second-order valence-electron chi connectivity index (χ2n) is 12.2. The molecule has 1 radical (unpaired) electrons. The summed E-state index contributed by atoms with van der Waals surface area (Å²) in [6, 6.07) is 21.9. The van der Waals surface area contributed by atoms with Crippen LogP contribution in [-0.4, -0.2) is 36.6 Å². The average molecular weight is 497 g/mol. The maximum atomic E-state index is 6.33. The molecule has 5 rings (SSSR count). The molecule has 0 spiro atoms. The van der Waals surface area contributed by atoms with Gasteiger partial charge in [-0.3, -0.25) is 0 Å². The molecule has 0 N–H and O–H groups in total. The number of hydrogen-bond donors (Lipinski definition) is 0. The van der Waals surface area contributed by atoms with Gasteiger partial charge in [0, 0.05) is 5.16 Å². The van der Waals surface area contributed by atoms with Crippen molar-refractivity contribution in [1.82, 2.24) is 0 Å². The summed E-state index contributed by atoms with van der Waals surface area (Å²) in [6.45, 7) is 17.0. The van der Waals surface area contributed by atoms with Crippen LogP contribution in [0, 0.1) is 0 Å². The van der Waals surface area contributed by atoms with Gasteiger partial charge in [0.15, 0.2) is 0 Å². The highest BCUT2D eigenvalue weighted by atomic mass is 31.0. The van der Waals surface area contributed by atoms with Gasteiger partial charge in [-0.05, 0) is 79.3 Å². The van der Waals surface area contributed by atoms with Crippen molar-refractivity contribution in [2.45, 2.75) is 77.3 Å². The molecule has 4 aromatic rings. The zero-order valence-electron chi connectivity index (χ0n) is 22.7. The van der Waals surface area contributed by atoms with Gasteiger partial charge in [0.1, 0.15) is 0 Å². The number of rotatable bonds is 5. The van der Waals surface area contributed by atoms with Gasteiger partial charge in [-0.15, -0.1) is 9.24 Å². The molecule has 1 aliphatic rings. The van der Waals surface area contributed by atoms with E-state index in [9.17, 15) is 0 Å². The minimum Gasteiger partial charge on any atom is -0.429 e. The van der Waals surface area contributed by atoms with E-state index in [0.29, 0.717) is 0 Å². The van der Waals surface area contributed by atoms with E-state index in [1.807, 2.05) is 7.48 Å². The maximum absolute atomic E-state index is 6.33. The fourth-order valence-corrected chi connectivity index (χ4v) is 4.53. The molecule has 6 heteroatoms. The normalized spacial score (nSPS) is 17.9. The summed E-state index contributed by atoms with van der Waals surface area (Å²) in [5.41, 5.74) is 1.06. The van der Waals surface area contributed by atoms with Crippen LogP contribution in [0.1, 0.15) is 55.4 Å². The van der Waals surface area contributed by atoms with Gasteiger partial charge >= 0.3 is 14.6 Å². The first kappa shape index (κ1) is 25.7. The van der Waals surface area contributed by atoms with Crippen LogP contribution >= 0.6 is 9.24 Å². The van der Waals surface area contributed by atoms with E-state index in [2.05, 4.69) is 125 Å². The van der Waals surface area contributed by atoms with Gasteiger partial charge in [-0.2, -0.15) is 0 Å². The molecule has 185 valence electrons. The highest BCUT2D eigenvalue weighted by molar-refractivity contribution is 7.19. The van der Waals surface area contributed by atoms with Gasteiger partial charge in [0.2, 0.25) is 0 Å². The number of fused-ring (bicyclic) bond motifs is 5. The van der Waals surface area contributed by atoms with Crippen LogP contribution in [-0.2, 0) is 14.0 Å². The predicted molar refractivity (Wildman–Crippen MR) is 159 cm³/mol. The van der Waals surface area contributed by atoms with E-state index in [0.717, 1.165) is 10.9 Å². The minimum absolute atomic E-state index is 0.0547. The Kier molecular flexibility index (Phi) is 6.12. The molecular weight excluding hydrogens is 461 g/mol. The van der Waals surface area contributed by atoms with Gasteiger partial charge < -0.3 is 14.0 Å². The van der Waals surface area contributed by atoms with Crippen molar-refractivity contribution >= 4 is 67.1 Å². The molecule has 1 heterocycles. The standard InChI is InChI=1S/C30H36B2O3P/c1-27(2)28(3,4)35-32(34-27)22-14-10-20-12-15-23-24(26(20)18-22)16-11-19-9-13-21(17-25(19)23)31-33-29(5,6)30(7,8)36/h9-18H,36H2,1-8H3. The van der Waals surface area contributed by atoms with Crippen LogP contribution < -0.4 is 10.9 Å². The summed E-state index contributed by atoms with van der Waals surface area (Å²) in [7, 11) is 4.40. The highest BCUT2D eigenvalue weighted by Gasteiger charge is 2.51. The first-order valence-electron chi connectivity index (χ1n) is 12.7. The molecule has 1 saturated heterocycles. The first-order valence-corrected chi connectivity index (χ1v) is 13.3. The van der Waals surface area contributed by atoms with Crippen LogP contribution in [0.15, 0.2) is 60.7 Å². The number of benzene rings is 4. The van der Waals surface area contributed by atoms with Crippen molar-refractivity contribution in [3.63, 3.8) is 0 Å². The number of hydrogen-bond acceptors (Lipinski definition) is 3. The lowest BCUT2D eigenvalue weighted by atomic mass is 9.77. The molecule has 0 amide bonds. The Bertz CT molecular complexity index is 1450.